The molecule has 1 saturated carbocycles. The van der Waals surface area contributed by atoms with Crippen LogP contribution in [0.4, 0.5) is 0 Å². The smallest absolute Gasteiger partial charge is 0.0626 e. The van der Waals surface area contributed by atoms with Crippen molar-refractivity contribution < 1.29 is 5.11 Å². The summed E-state index contributed by atoms with van der Waals surface area (Å²) >= 11 is 0. The van der Waals surface area contributed by atoms with Gasteiger partial charge in [0.05, 0.1) is 12.6 Å². The van der Waals surface area contributed by atoms with E-state index >= 15 is 0 Å². The maximum atomic E-state index is 9.43. The van der Waals surface area contributed by atoms with E-state index in [0.29, 0.717) is 5.92 Å². The molecule has 0 radical (unpaired) electrons. The Hall–Kier alpha value is -0.860. The minimum atomic E-state index is 0.0943. The Labute approximate surface area is 104 Å². The molecule has 1 unspecified atom stereocenters. The summed E-state index contributed by atoms with van der Waals surface area (Å²) in [6.45, 7) is 5.61. The second-order valence-corrected chi connectivity index (χ2v) is 5.41. The fourth-order valence-corrected chi connectivity index (χ4v) is 2.03. The average molecular weight is 233 g/mol. The number of aliphatic hydroxyl groups excluding tert-OH is 1. The van der Waals surface area contributed by atoms with Gasteiger partial charge in [-0.25, -0.2) is 0 Å². The van der Waals surface area contributed by atoms with Gasteiger partial charge in [-0.2, -0.15) is 0 Å². The summed E-state index contributed by atoms with van der Waals surface area (Å²) in [5, 5.41) is 12.9. The minimum Gasteiger partial charge on any atom is -0.394 e. The molecular weight excluding hydrogens is 210 g/mol. The fraction of sp³-hybridized carbons (Fsp3) is 0.600. The van der Waals surface area contributed by atoms with Gasteiger partial charge in [-0.15, -0.1) is 0 Å². The largest absolute Gasteiger partial charge is 0.394 e. The molecule has 0 bridgehead atoms. The third-order valence-electron chi connectivity index (χ3n) is 3.54. The topological polar surface area (TPSA) is 32.3 Å². The molecule has 1 aromatic carbocycles. The van der Waals surface area contributed by atoms with Crippen LogP contribution in [0.2, 0.25) is 0 Å². The molecule has 2 rings (SSSR count). The Morgan fingerprint density at radius 2 is 1.76 bits per heavy atom. The highest BCUT2D eigenvalue weighted by molar-refractivity contribution is 5.27. The zero-order valence-corrected chi connectivity index (χ0v) is 10.8. The van der Waals surface area contributed by atoms with Gasteiger partial charge in [-0.05, 0) is 42.3 Å². The molecule has 0 spiro atoms. The quantitative estimate of drug-likeness (QED) is 0.792. The average Bonchev–Trinajstić information content (AvgIpc) is 3.14. The number of nitrogens with one attached hydrogen (secondary N) is 1. The monoisotopic (exact) mass is 233 g/mol. The standard InChI is InChI=1S/C15H23NO/c1-11(2)13-5-7-14(8-6-13)15(10-17)16-9-12-3-4-12/h5-8,11-12,15-17H,3-4,9-10H2,1-2H3. The minimum absolute atomic E-state index is 0.0943. The van der Waals surface area contributed by atoms with Crippen molar-refractivity contribution in [2.45, 2.75) is 38.6 Å². The van der Waals surface area contributed by atoms with Crippen LogP contribution in [-0.4, -0.2) is 18.3 Å². The van der Waals surface area contributed by atoms with Crippen LogP contribution >= 0.6 is 0 Å². The molecule has 17 heavy (non-hydrogen) atoms. The van der Waals surface area contributed by atoms with Gasteiger partial charge < -0.3 is 10.4 Å². The van der Waals surface area contributed by atoms with Crippen LogP contribution in [0.5, 0.6) is 0 Å². The van der Waals surface area contributed by atoms with Crippen molar-refractivity contribution in [1.29, 1.82) is 0 Å². The second-order valence-electron chi connectivity index (χ2n) is 5.41. The van der Waals surface area contributed by atoms with Crippen molar-refractivity contribution in [2.24, 2.45) is 5.92 Å². The van der Waals surface area contributed by atoms with Gasteiger partial charge in [0.1, 0.15) is 0 Å². The maximum absolute atomic E-state index is 9.43. The highest BCUT2D eigenvalue weighted by Crippen LogP contribution is 2.28. The maximum Gasteiger partial charge on any atom is 0.0626 e. The Morgan fingerprint density at radius 3 is 2.24 bits per heavy atom. The van der Waals surface area contributed by atoms with Gasteiger partial charge in [0.25, 0.3) is 0 Å². The summed E-state index contributed by atoms with van der Waals surface area (Å²) in [5.74, 6) is 1.41. The highest BCUT2D eigenvalue weighted by atomic mass is 16.3. The van der Waals surface area contributed by atoms with Crippen molar-refractivity contribution in [3.63, 3.8) is 0 Å². The zero-order valence-electron chi connectivity index (χ0n) is 10.8. The molecule has 0 heterocycles. The summed E-state index contributed by atoms with van der Waals surface area (Å²) in [4.78, 5) is 0. The predicted octanol–water partition coefficient (Wildman–Crippen LogP) is 2.84. The predicted molar refractivity (Wildman–Crippen MR) is 71.1 cm³/mol. The van der Waals surface area contributed by atoms with Crippen LogP contribution in [-0.2, 0) is 0 Å². The molecule has 2 nitrogen and oxygen atoms in total. The lowest BCUT2D eigenvalue weighted by Gasteiger charge is -2.17. The summed E-state index contributed by atoms with van der Waals surface area (Å²) < 4.78 is 0. The lowest BCUT2D eigenvalue weighted by molar-refractivity contribution is 0.243. The molecule has 2 heteroatoms. The molecular formula is C15H23NO. The van der Waals surface area contributed by atoms with E-state index < -0.39 is 0 Å². The van der Waals surface area contributed by atoms with E-state index in [2.05, 4.69) is 43.4 Å². The van der Waals surface area contributed by atoms with Crippen LogP contribution in [0.1, 0.15) is 49.8 Å². The van der Waals surface area contributed by atoms with Crippen LogP contribution in [0.3, 0.4) is 0 Å². The normalized spacial score (nSPS) is 17.4. The first-order chi connectivity index (χ1) is 8.20. The first kappa shape index (κ1) is 12.6. The first-order valence-electron chi connectivity index (χ1n) is 6.64. The Kier molecular flexibility index (Phi) is 4.19. The van der Waals surface area contributed by atoms with E-state index in [0.717, 1.165) is 12.5 Å². The molecule has 1 atom stereocenters. The summed E-state index contributed by atoms with van der Waals surface area (Å²) in [5.41, 5.74) is 2.55. The summed E-state index contributed by atoms with van der Waals surface area (Å²) in [7, 11) is 0. The van der Waals surface area contributed by atoms with Crippen molar-refractivity contribution in [2.75, 3.05) is 13.2 Å². The van der Waals surface area contributed by atoms with Gasteiger partial charge >= 0.3 is 0 Å². The number of hydrogen-bond donors (Lipinski definition) is 2. The van der Waals surface area contributed by atoms with E-state index in [1.165, 1.54) is 24.0 Å². The third kappa shape index (κ3) is 3.55. The molecule has 1 fully saturated rings. The Bertz CT molecular complexity index is 340. The van der Waals surface area contributed by atoms with Crippen molar-refractivity contribution in [3.05, 3.63) is 35.4 Å². The second kappa shape index (κ2) is 5.65. The van der Waals surface area contributed by atoms with Gasteiger partial charge in [-0.3, -0.25) is 0 Å². The van der Waals surface area contributed by atoms with Gasteiger partial charge in [0.2, 0.25) is 0 Å². The van der Waals surface area contributed by atoms with E-state index in [9.17, 15) is 5.11 Å². The Balaban J connectivity index is 1.96. The van der Waals surface area contributed by atoms with E-state index in [4.69, 9.17) is 0 Å². The fourth-order valence-electron chi connectivity index (χ4n) is 2.03. The summed E-state index contributed by atoms with van der Waals surface area (Å²) in [6.07, 6.45) is 2.69. The number of rotatable bonds is 6. The number of benzene rings is 1. The van der Waals surface area contributed by atoms with Gasteiger partial charge in [0.15, 0.2) is 0 Å². The lowest BCUT2D eigenvalue weighted by Crippen LogP contribution is -2.26. The zero-order chi connectivity index (χ0) is 12.3. The lowest BCUT2D eigenvalue weighted by atomic mass is 9.99. The van der Waals surface area contributed by atoms with E-state index in [1.54, 1.807) is 0 Å². The first-order valence-corrected chi connectivity index (χ1v) is 6.64. The molecule has 1 aliphatic carbocycles. The molecule has 0 aliphatic heterocycles. The van der Waals surface area contributed by atoms with Crippen LogP contribution in [0.15, 0.2) is 24.3 Å². The van der Waals surface area contributed by atoms with Crippen molar-refractivity contribution >= 4 is 0 Å². The molecule has 1 aliphatic rings. The molecule has 0 saturated heterocycles. The van der Waals surface area contributed by atoms with Crippen LogP contribution in [0, 0.1) is 5.92 Å². The number of hydrogen-bond acceptors (Lipinski definition) is 2. The number of aliphatic hydroxyl groups is 1. The molecule has 0 aromatic heterocycles. The van der Waals surface area contributed by atoms with Gasteiger partial charge in [-0.1, -0.05) is 38.1 Å². The van der Waals surface area contributed by atoms with Crippen molar-refractivity contribution in [3.8, 4) is 0 Å². The highest BCUT2D eigenvalue weighted by Gasteiger charge is 2.22. The van der Waals surface area contributed by atoms with Gasteiger partial charge in [0, 0.05) is 0 Å². The SMILES string of the molecule is CC(C)c1ccc(C(CO)NCC2CC2)cc1. The third-order valence-corrected chi connectivity index (χ3v) is 3.54. The van der Waals surface area contributed by atoms with E-state index in [1.807, 2.05) is 0 Å². The van der Waals surface area contributed by atoms with Crippen molar-refractivity contribution in [1.82, 2.24) is 5.32 Å². The van der Waals surface area contributed by atoms with Crippen LogP contribution < -0.4 is 5.32 Å². The molecule has 94 valence electrons. The van der Waals surface area contributed by atoms with E-state index in [-0.39, 0.29) is 12.6 Å². The molecule has 0 amide bonds. The summed E-state index contributed by atoms with van der Waals surface area (Å²) in [6, 6.07) is 8.70. The molecule has 1 aromatic rings. The van der Waals surface area contributed by atoms with Crippen LogP contribution in [0.25, 0.3) is 0 Å². The molecule has 2 N–H and O–H groups in total. The Morgan fingerprint density at radius 1 is 1.18 bits per heavy atom.